The van der Waals surface area contributed by atoms with E-state index in [9.17, 15) is 0 Å². The Bertz CT molecular complexity index is 695. The maximum absolute atomic E-state index is 8.70. The fourth-order valence-corrected chi connectivity index (χ4v) is 1.86. The Balaban J connectivity index is 1.63. The van der Waals surface area contributed by atoms with E-state index in [2.05, 4.69) is 40.5 Å². The van der Waals surface area contributed by atoms with Crippen molar-refractivity contribution >= 4 is 23.3 Å². The molecule has 3 rings (SSSR count). The van der Waals surface area contributed by atoms with Crippen molar-refractivity contribution in [1.82, 2.24) is 27.1 Å². The summed E-state index contributed by atoms with van der Waals surface area (Å²) in [5, 5.41) is 19.8. The second kappa shape index (κ2) is 6.83. The fraction of sp³-hybridized carbons (Fsp3) is 0. The number of aliphatic imine (C=N–C) groups is 1. The van der Waals surface area contributed by atoms with E-state index >= 15 is 0 Å². The Hall–Kier alpha value is -3.02. The molecule has 1 saturated heterocycles. The van der Waals surface area contributed by atoms with Crippen LogP contribution in [-0.4, -0.2) is 11.9 Å². The monoisotopic (exact) mass is 296 g/mol. The third-order valence-corrected chi connectivity index (χ3v) is 2.84. The van der Waals surface area contributed by atoms with Gasteiger partial charge in [-0.1, -0.05) is 24.3 Å². The molecular weight excluding hydrogens is 288 g/mol. The van der Waals surface area contributed by atoms with Gasteiger partial charge in [0.2, 0.25) is 5.96 Å². The summed E-state index contributed by atoms with van der Waals surface area (Å²) in [7, 11) is 0. The summed E-state index contributed by atoms with van der Waals surface area (Å²) in [6.07, 6.45) is 3.21. The molecule has 6 heteroatoms. The highest BCUT2D eigenvalue weighted by molar-refractivity contribution is 5.85. The molecule has 0 spiro atoms. The topological polar surface area (TPSA) is 99.3 Å². The van der Waals surface area contributed by atoms with Crippen molar-refractivity contribution in [3.63, 3.8) is 0 Å². The van der Waals surface area contributed by atoms with Crippen LogP contribution in [0.3, 0.4) is 0 Å². The van der Waals surface area contributed by atoms with E-state index in [1.54, 1.807) is 24.3 Å². The molecule has 1 aliphatic heterocycles. The Labute approximate surface area is 135 Å². The van der Waals surface area contributed by atoms with Crippen LogP contribution in [0.25, 0.3) is 0 Å². The van der Waals surface area contributed by atoms with Gasteiger partial charge in [-0.15, -0.1) is 11.1 Å². The van der Waals surface area contributed by atoms with Gasteiger partial charge < -0.3 is 0 Å². The zero-order valence-corrected chi connectivity index (χ0v) is 11.8. The summed E-state index contributed by atoms with van der Waals surface area (Å²) < 4.78 is 0. The van der Waals surface area contributed by atoms with Gasteiger partial charge in [-0.3, -0.25) is 0 Å². The summed E-state index contributed by atoms with van der Waals surface area (Å²) in [4.78, 5) is 4.21. The van der Waals surface area contributed by atoms with E-state index in [-0.39, 0.29) is 0 Å². The van der Waals surface area contributed by atoms with Crippen LogP contribution in [0.2, 0.25) is 0 Å². The van der Waals surface area contributed by atoms with Crippen molar-refractivity contribution < 1.29 is 0 Å². The predicted octanol–water partition coefficient (Wildman–Crippen LogP) is 0.912. The summed E-state index contributed by atoms with van der Waals surface area (Å²) in [5.74, 6) is -0.636. The fourth-order valence-electron chi connectivity index (χ4n) is 1.86. The van der Waals surface area contributed by atoms with E-state index < -0.39 is 5.96 Å². The van der Waals surface area contributed by atoms with Gasteiger partial charge in [-0.05, 0) is 35.4 Å². The lowest BCUT2D eigenvalue weighted by atomic mass is 10.0. The molecule has 0 aliphatic carbocycles. The van der Waals surface area contributed by atoms with Crippen LogP contribution >= 0.6 is 0 Å². The number of guanidine groups is 2. The molecule has 0 bridgehead atoms. The first-order valence-corrected chi connectivity index (χ1v) is 6.63. The second-order valence-electron chi connectivity index (χ2n) is 4.49. The number of hydrogen-bond donors (Lipinski definition) is 0. The number of hydrogen-bond acceptors (Lipinski definition) is 1. The first-order chi connectivity index (χ1) is 11.2. The van der Waals surface area contributed by atoms with Crippen LogP contribution in [0.1, 0.15) is 11.1 Å². The van der Waals surface area contributed by atoms with Gasteiger partial charge in [-0.25, -0.2) is 20.9 Å². The van der Waals surface area contributed by atoms with Gasteiger partial charge in [0.25, 0.3) is 5.96 Å². The second-order valence-corrected chi connectivity index (χ2v) is 4.49. The summed E-state index contributed by atoms with van der Waals surface area (Å²) >= 11 is 0. The molecule has 1 aliphatic rings. The molecule has 106 valence electrons. The van der Waals surface area contributed by atoms with Crippen molar-refractivity contribution in [2.75, 3.05) is 0 Å². The lowest BCUT2D eigenvalue weighted by Gasteiger charge is -2.03. The molecule has 0 amide bonds. The Morgan fingerprint density at radius 1 is 0.870 bits per heavy atom. The molecule has 2 aromatic rings. The molecule has 1 fully saturated rings. The van der Waals surface area contributed by atoms with Crippen molar-refractivity contribution in [2.24, 2.45) is 4.99 Å². The van der Waals surface area contributed by atoms with Crippen LogP contribution in [0, 0.1) is 19.5 Å². The standard InChI is InChI=1S/C17H8N6/c18-16(19)22-14-5-1-12(2-6-14)11-13-3-7-15(8-4-13)23-17-20-9-10-21-17/h1-8H. The maximum atomic E-state index is 8.70. The smallest absolute Gasteiger partial charge is 0.234 e. The first kappa shape index (κ1) is 14.9. The predicted molar refractivity (Wildman–Crippen MR) is 83.2 cm³/mol. The molecule has 1 heterocycles. The third kappa shape index (κ3) is 4.23. The van der Waals surface area contributed by atoms with Gasteiger partial charge in [0.15, 0.2) is 13.1 Å². The highest BCUT2D eigenvalue weighted by Crippen LogP contribution is 2.19. The van der Waals surface area contributed by atoms with Gasteiger partial charge in [0, 0.05) is 0 Å². The molecule has 0 atom stereocenters. The Morgan fingerprint density at radius 3 is 1.91 bits per heavy atom. The van der Waals surface area contributed by atoms with Crippen LogP contribution in [-0.2, 0) is 0 Å². The molecular formula is C17H8N6. The normalized spacial score (nSPS) is 13.1. The molecule has 12 radical (unpaired) electrons. The van der Waals surface area contributed by atoms with Gasteiger partial charge in [0.1, 0.15) is 0 Å². The minimum Gasteiger partial charge on any atom is -0.234 e. The average molecular weight is 296 g/mol. The van der Waals surface area contributed by atoms with Crippen molar-refractivity contribution in [3.05, 3.63) is 79.2 Å². The van der Waals surface area contributed by atoms with Crippen molar-refractivity contribution in [2.45, 2.75) is 0 Å². The summed E-state index contributed by atoms with van der Waals surface area (Å²) in [6.45, 7) is 4.96. The molecule has 0 N–H and O–H groups in total. The number of benzene rings is 2. The largest absolute Gasteiger partial charge is 0.288 e. The molecule has 2 aromatic carbocycles. The van der Waals surface area contributed by atoms with Crippen LogP contribution < -0.4 is 27.1 Å². The molecule has 6 nitrogen and oxygen atoms in total. The Kier molecular flexibility index (Phi) is 4.42. The van der Waals surface area contributed by atoms with Crippen molar-refractivity contribution in [3.8, 4) is 0 Å². The molecule has 23 heavy (non-hydrogen) atoms. The number of rotatable bonds is 4. The van der Waals surface area contributed by atoms with E-state index in [1.165, 1.54) is 0 Å². The van der Waals surface area contributed by atoms with Gasteiger partial charge in [-0.2, -0.15) is 0 Å². The minimum atomic E-state index is -0.964. The molecule has 0 saturated carbocycles. The van der Waals surface area contributed by atoms with E-state index in [1.807, 2.05) is 24.3 Å². The SMILES string of the molecule is [N]C(=[N])[N]c1ccc([C]c2ccc(N=C3[N][C][C][N]3)cc2)cc1. The van der Waals surface area contributed by atoms with Gasteiger partial charge in [0.05, 0.1) is 17.8 Å². The lowest BCUT2D eigenvalue weighted by molar-refractivity contribution is 1.18. The highest BCUT2D eigenvalue weighted by Gasteiger charge is 2.12. The lowest BCUT2D eigenvalue weighted by Crippen LogP contribution is -2.11. The maximum Gasteiger partial charge on any atom is 0.288 e. The minimum absolute atomic E-state index is 0.328. The summed E-state index contributed by atoms with van der Waals surface area (Å²) in [5.41, 5.74) is 11.6. The van der Waals surface area contributed by atoms with Crippen LogP contribution in [0.4, 0.5) is 11.4 Å². The average Bonchev–Trinajstić information content (AvgIpc) is 3.04. The first-order valence-electron chi connectivity index (χ1n) is 6.63. The molecule has 0 aromatic heterocycles. The third-order valence-electron chi connectivity index (χ3n) is 2.84. The van der Waals surface area contributed by atoms with E-state index in [0.29, 0.717) is 11.6 Å². The highest BCUT2D eigenvalue weighted by atomic mass is 15.2. The van der Waals surface area contributed by atoms with E-state index in [0.717, 1.165) is 16.8 Å². The van der Waals surface area contributed by atoms with E-state index in [4.69, 9.17) is 11.1 Å². The van der Waals surface area contributed by atoms with Crippen LogP contribution in [0.15, 0.2) is 53.5 Å². The zero-order valence-electron chi connectivity index (χ0n) is 11.8. The van der Waals surface area contributed by atoms with Gasteiger partial charge >= 0.3 is 0 Å². The quantitative estimate of drug-likeness (QED) is 0.592. The van der Waals surface area contributed by atoms with Crippen molar-refractivity contribution in [1.29, 1.82) is 0 Å². The molecule has 0 unspecified atom stereocenters. The Morgan fingerprint density at radius 2 is 1.39 bits per heavy atom. The zero-order chi connectivity index (χ0) is 16.1. The number of nitrogens with zero attached hydrogens (tertiary/aromatic N) is 6. The summed E-state index contributed by atoms with van der Waals surface area (Å²) in [6, 6.07) is 14.3. The van der Waals surface area contributed by atoms with Crippen LogP contribution in [0.5, 0.6) is 0 Å².